The van der Waals surface area contributed by atoms with Crippen molar-refractivity contribution < 1.29 is 19.1 Å². The number of aromatic nitrogens is 1. The van der Waals surface area contributed by atoms with Crippen LogP contribution in [-0.4, -0.2) is 60.5 Å². The van der Waals surface area contributed by atoms with Crippen LogP contribution in [0.2, 0.25) is 10.0 Å². The number of methoxy groups -OCH3 is 2. The molecule has 0 atom stereocenters. The van der Waals surface area contributed by atoms with Crippen LogP contribution in [0.5, 0.6) is 11.5 Å². The third-order valence-corrected chi connectivity index (χ3v) is 7.41. The molecule has 0 spiro atoms. The molecule has 0 saturated carbocycles. The minimum absolute atomic E-state index is 0.0862. The van der Waals surface area contributed by atoms with Crippen molar-refractivity contribution in [1.82, 2.24) is 14.8 Å². The normalized spacial score (nSPS) is 11.1. The first-order valence-corrected chi connectivity index (χ1v) is 14.2. The van der Waals surface area contributed by atoms with Crippen molar-refractivity contribution in [3.8, 4) is 11.5 Å². The number of ether oxygens (including phenoxy) is 2. The number of aromatic amines is 1. The lowest BCUT2D eigenvalue weighted by Gasteiger charge is -2.29. The van der Waals surface area contributed by atoms with Crippen LogP contribution in [0, 0.1) is 5.92 Å². The second-order valence-electron chi connectivity index (χ2n) is 10.3. The summed E-state index contributed by atoms with van der Waals surface area (Å²) in [5.74, 6) is 0.864. The summed E-state index contributed by atoms with van der Waals surface area (Å²) in [6.07, 6.45) is 2.63. The minimum Gasteiger partial charge on any atom is -0.493 e. The Morgan fingerprint density at radius 2 is 1.68 bits per heavy atom. The number of nitrogens with zero attached hydrogens (tertiary/aromatic N) is 2. The monoisotopic (exact) mass is 595 g/mol. The maximum Gasteiger partial charge on any atom is 0.255 e. The average Bonchev–Trinajstić information content (AvgIpc) is 3.37. The van der Waals surface area contributed by atoms with E-state index in [0.717, 1.165) is 22.0 Å². The van der Waals surface area contributed by atoms with E-state index in [-0.39, 0.29) is 29.3 Å². The van der Waals surface area contributed by atoms with Crippen LogP contribution in [0.4, 0.5) is 0 Å². The van der Waals surface area contributed by atoms with Crippen molar-refractivity contribution in [2.75, 3.05) is 33.9 Å². The Balaban J connectivity index is 1.61. The van der Waals surface area contributed by atoms with Crippen molar-refractivity contribution in [3.63, 3.8) is 0 Å². The summed E-state index contributed by atoms with van der Waals surface area (Å²) < 4.78 is 10.9. The number of para-hydroxylation sites is 1. The number of nitrogens with one attached hydrogen (secondary N) is 1. The lowest BCUT2D eigenvalue weighted by Crippen LogP contribution is -2.44. The summed E-state index contributed by atoms with van der Waals surface area (Å²) in [5.41, 5.74) is 3.37. The Labute approximate surface area is 250 Å². The van der Waals surface area contributed by atoms with Gasteiger partial charge in [-0.05, 0) is 59.9 Å². The van der Waals surface area contributed by atoms with Gasteiger partial charge in [-0.2, -0.15) is 0 Å². The van der Waals surface area contributed by atoms with Crippen LogP contribution in [0.25, 0.3) is 10.9 Å². The second kappa shape index (κ2) is 13.8. The fourth-order valence-electron chi connectivity index (χ4n) is 4.84. The number of hydrogen-bond donors (Lipinski definition) is 1. The van der Waals surface area contributed by atoms with Gasteiger partial charge in [0.05, 0.1) is 24.8 Å². The van der Waals surface area contributed by atoms with E-state index in [1.165, 1.54) is 6.07 Å². The number of hydrogen-bond acceptors (Lipinski definition) is 4. The lowest BCUT2D eigenvalue weighted by molar-refractivity contribution is -0.132. The van der Waals surface area contributed by atoms with E-state index in [9.17, 15) is 9.59 Å². The second-order valence-corrected chi connectivity index (χ2v) is 11.2. The van der Waals surface area contributed by atoms with Gasteiger partial charge in [-0.25, -0.2) is 0 Å². The topological polar surface area (TPSA) is 74.9 Å². The third kappa shape index (κ3) is 7.54. The largest absolute Gasteiger partial charge is 0.493 e. The molecular formula is C32H35Cl2N3O4. The Morgan fingerprint density at radius 3 is 2.39 bits per heavy atom. The molecule has 1 N–H and O–H groups in total. The Morgan fingerprint density at radius 1 is 0.927 bits per heavy atom. The molecule has 4 aromatic rings. The molecule has 1 heterocycles. The number of fused-ring (bicyclic) bond motifs is 1. The van der Waals surface area contributed by atoms with Gasteiger partial charge < -0.3 is 24.3 Å². The highest BCUT2D eigenvalue weighted by molar-refractivity contribution is 6.36. The molecule has 7 nitrogen and oxygen atoms in total. The third-order valence-electron chi connectivity index (χ3n) is 6.86. The average molecular weight is 597 g/mol. The molecule has 0 aliphatic rings. The maximum atomic E-state index is 13.9. The van der Waals surface area contributed by atoms with E-state index < -0.39 is 0 Å². The van der Waals surface area contributed by atoms with Crippen LogP contribution in [0.3, 0.4) is 0 Å². The molecule has 3 aromatic carbocycles. The standard InChI is InChI=1S/C32H35Cl2N3O4/c1-21(2)18-37(32(39)26-11-10-24(33)16-27(26)34)20-31(38)36(19-22-9-12-29(40-3)30(15-22)41-4)14-13-23-17-35-28-8-6-5-7-25(23)28/h5-12,15-17,21,35H,13-14,18-20H2,1-4H3. The summed E-state index contributed by atoms with van der Waals surface area (Å²) in [6.45, 7) is 5.12. The summed E-state index contributed by atoms with van der Waals surface area (Å²) >= 11 is 12.4. The molecule has 0 saturated heterocycles. The highest BCUT2D eigenvalue weighted by Gasteiger charge is 2.25. The summed E-state index contributed by atoms with van der Waals surface area (Å²) in [6, 6.07) is 18.5. The Kier molecular flexibility index (Phi) is 10.2. The van der Waals surface area contributed by atoms with E-state index in [0.29, 0.717) is 48.1 Å². The number of benzene rings is 3. The van der Waals surface area contributed by atoms with E-state index in [1.54, 1.807) is 36.2 Å². The predicted octanol–water partition coefficient (Wildman–Crippen LogP) is 6.86. The molecule has 4 rings (SSSR count). The fourth-order valence-corrected chi connectivity index (χ4v) is 5.33. The highest BCUT2D eigenvalue weighted by Crippen LogP contribution is 2.29. The number of amides is 2. The molecule has 216 valence electrons. The molecule has 0 fully saturated rings. The van der Waals surface area contributed by atoms with Crippen molar-refractivity contribution in [3.05, 3.63) is 93.6 Å². The zero-order valence-corrected chi connectivity index (χ0v) is 25.3. The van der Waals surface area contributed by atoms with E-state index >= 15 is 0 Å². The predicted molar refractivity (Wildman–Crippen MR) is 164 cm³/mol. The zero-order valence-electron chi connectivity index (χ0n) is 23.7. The van der Waals surface area contributed by atoms with Gasteiger partial charge in [0.1, 0.15) is 6.54 Å². The molecule has 9 heteroatoms. The minimum atomic E-state index is -0.309. The Hall–Kier alpha value is -3.68. The van der Waals surface area contributed by atoms with E-state index in [4.69, 9.17) is 32.7 Å². The molecule has 0 unspecified atom stereocenters. The van der Waals surface area contributed by atoms with Gasteiger partial charge >= 0.3 is 0 Å². The van der Waals surface area contributed by atoms with Crippen LogP contribution in [-0.2, 0) is 17.8 Å². The molecule has 0 bridgehead atoms. The fraction of sp³-hybridized carbons (Fsp3) is 0.312. The van der Waals surface area contributed by atoms with Crippen LogP contribution in [0.1, 0.15) is 35.3 Å². The summed E-state index contributed by atoms with van der Waals surface area (Å²) in [4.78, 5) is 34.2. The SMILES string of the molecule is COc1ccc(CN(CCc2c[nH]c3ccccc23)C(=O)CN(CC(C)C)C(=O)c2ccc(Cl)cc2Cl)cc1OC. The van der Waals surface area contributed by atoms with Gasteiger partial charge in [-0.1, -0.05) is 61.3 Å². The molecular weight excluding hydrogens is 561 g/mol. The Bertz CT molecular complexity index is 1520. The summed E-state index contributed by atoms with van der Waals surface area (Å²) in [5, 5.41) is 1.82. The molecule has 0 aliphatic heterocycles. The van der Waals surface area contributed by atoms with Gasteiger partial charge in [-0.3, -0.25) is 9.59 Å². The zero-order chi connectivity index (χ0) is 29.5. The van der Waals surface area contributed by atoms with Gasteiger partial charge in [0.15, 0.2) is 11.5 Å². The van der Waals surface area contributed by atoms with Crippen molar-refractivity contribution in [2.24, 2.45) is 5.92 Å². The summed E-state index contributed by atoms with van der Waals surface area (Å²) in [7, 11) is 3.17. The molecule has 0 aliphatic carbocycles. The number of rotatable bonds is 12. The van der Waals surface area contributed by atoms with Crippen LogP contribution >= 0.6 is 23.2 Å². The lowest BCUT2D eigenvalue weighted by atomic mass is 10.1. The van der Waals surface area contributed by atoms with Gasteiger partial charge in [0.25, 0.3) is 5.91 Å². The van der Waals surface area contributed by atoms with Gasteiger partial charge in [0.2, 0.25) is 5.91 Å². The van der Waals surface area contributed by atoms with Crippen LogP contribution in [0.15, 0.2) is 66.9 Å². The van der Waals surface area contributed by atoms with Crippen molar-refractivity contribution >= 4 is 45.9 Å². The van der Waals surface area contributed by atoms with Gasteiger partial charge in [0, 0.05) is 41.8 Å². The first-order chi connectivity index (χ1) is 19.7. The van der Waals surface area contributed by atoms with Crippen molar-refractivity contribution in [2.45, 2.75) is 26.8 Å². The van der Waals surface area contributed by atoms with Crippen LogP contribution < -0.4 is 9.47 Å². The van der Waals surface area contributed by atoms with E-state index in [2.05, 4.69) is 11.1 Å². The van der Waals surface area contributed by atoms with Crippen molar-refractivity contribution in [1.29, 1.82) is 0 Å². The quantitative estimate of drug-likeness (QED) is 0.194. The number of carbonyl (C=O) groups is 2. The number of carbonyl (C=O) groups excluding carboxylic acids is 2. The van der Waals surface area contributed by atoms with E-state index in [1.807, 2.05) is 56.4 Å². The highest BCUT2D eigenvalue weighted by atomic mass is 35.5. The first kappa shape index (κ1) is 30.3. The smallest absolute Gasteiger partial charge is 0.255 e. The molecule has 0 radical (unpaired) electrons. The number of halogens is 2. The van der Waals surface area contributed by atoms with Gasteiger partial charge in [-0.15, -0.1) is 0 Å². The molecule has 1 aromatic heterocycles. The number of H-pyrrole nitrogens is 1. The maximum absolute atomic E-state index is 13.9. The first-order valence-electron chi connectivity index (χ1n) is 13.5. The molecule has 41 heavy (non-hydrogen) atoms. The molecule has 2 amide bonds.